The van der Waals surface area contributed by atoms with Crippen molar-refractivity contribution in [2.75, 3.05) is 0 Å². The van der Waals surface area contributed by atoms with E-state index in [9.17, 15) is 4.79 Å². The molecule has 1 aromatic heterocycles. The molecule has 3 rings (SSSR count). The molecule has 0 fully saturated rings. The van der Waals surface area contributed by atoms with Crippen LogP contribution in [-0.2, 0) is 12.3 Å². The molecule has 22 heavy (non-hydrogen) atoms. The number of nitrogens with zero attached hydrogens (tertiary/aromatic N) is 2. The van der Waals surface area contributed by atoms with Gasteiger partial charge in [-0.1, -0.05) is 52.0 Å². The summed E-state index contributed by atoms with van der Waals surface area (Å²) in [5, 5.41) is 1.45. The fraction of sp³-hybridized carbons (Fsp3) is 0.176. The summed E-state index contributed by atoms with van der Waals surface area (Å²) in [6, 6.07) is 15.7. The zero-order valence-electron chi connectivity index (χ0n) is 12.1. The molecule has 3 aromatic rings. The fourth-order valence-electron chi connectivity index (χ4n) is 2.31. The van der Waals surface area contributed by atoms with Crippen molar-refractivity contribution in [1.82, 2.24) is 9.55 Å². The molecule has 112 valence electrons. The fourth-order valence-corrected chi connectivity index (χ4v) is 3.76. The quantitative estimate of drug-likeness (QED) is 0.499. The number of benzene rings is 2. The van der Waals surface area contributed by atoms with E-state index in [0.717, 1.165) is 20.9 Å². The normalized spacial score (nSPS) is 11.0. The standard InChI is InChI=1S/C17H15BrN2OS/c1-2-20-16(21)14-8-3-4-9-15(14)19-17(20)22-11-12-6-5-7-13(18)10-12/h3-10H,2,11H2,1H3. The third-order valence-corrected chi connectivity index (χ3v) is 4.94. The lowest BCUT2D eigenvalue weighted by Gasteiger charge is -2.11. The maximum absolute atomic E-state index is 12.5. The number of hydrogen-bond donors (Lipinski definition) is 0. The zero-order valence-corrected chi connectivity index (χ0v) is 14.5. The van der Waals surface area contributed by atoms with Crippen molar-refractivity contribution in [2.24, 2.45) is 0 Å². The summed E-state index contributed by atoms with van der Waals surface area (Å²) in [7, 11) is 0. The molecule has 0 aliphatic heterocycles. The van der Waals surface area contributed by atoms with E-state index in [0.29, 0.717) is 11.9 Å². The predicted molar refractivity (Wildman–Crippen MR) is 95.4 cm³/mol. The average Bonchev–Trinajstić information content (AvgIpc) is 2.53. The van der Waals surface area contributed by atoms with Gasteiger partial charge in [-0.2, -0.15) is 0 Å². The highest BCUT2D eigenvalue weighted by Crippen LogP contribution is 2.23. The first-order chi connectivity index (χ1) is 10.7. The Labute approximate surface area is 141 Å². The van der Waals surface area contributed by atoms with Crippen LogP contribution in [0.1, 0.15) is 12.5 Å². The SMILES string of the molecule is CCn1c(SCc2cccc(Br)c2)nc2ccccc2c1=O. The monoisotopic (exact) mass is 374 g/mol. The molecule has 5 heteroatoms. The van der Waals surface area contributed by atoms with Gasteiger partial charge in [-0.3, -0.25) is 9.36 Å². The first-order valence-corrected chi connectivity index (χ1v) is 8.83. The highest BCUT2D eigenvalue weighted by molar-refractivity contribution is 9.10. The summed E-state index contributed by atoms with van der Waals surface area (Å²) in [6.07, 6.45) is 0. The number of rotatable bonds is 4. The van der Waals surface area contributed by atoms with Crippen LogP contribution in [0, 0.1) is 0 Å². The van der Waals surface area contributed by atoms with Crippen molar-refractivity contribution >= 4 is 38.6 Å². The molecular formula is C17H15BrN2OS. The van der Waals surface area contributed by atoms with Crippen LogP contribution in [0.4, 0.5) is 0 Å². The minimum Gasteiger partial charge on any atom is -0.287 e. The van der Waals surface area contributed by atoms with Crippen LogP contribution in [0.3, 0.4) is 0 Å². The number of halogens is 1. The van der Waals surface area contributed by atoms with E-state index >= 15 is 0 Å². The molecule has 0 aliphatic carbocycles. The highest BCUT2D eigenvalue weighted by atomic mass is 79.9. The molecule has 2 aromatic carbocycles. The van der Waals surface area contributed by atoms with Gasteiger partial charge >= 0.3 is 0 Å². The second kappa shape index (κ2) is 6.67. The van der Waals surface area contributed by atoms with Gasteiger partial charge in [-0.05, 0) is 36.8 Å². The van der Waals surface area contributed by atoms with E-state index in [2.05, 4.69) is 33.0 Å². The molecule has 0 atom stereocenters. The Balaban J connectivity index is 1.97. The van der Waals surface area contributed by atoms with Crippen LogP contribution in [0.5, 0.6) is 0 Å². The summed E-state index contributed by atoms with van der Waals surface area (Å²) in [5.41, 5.74) is 1.99. The summed E-state index contributed by atoms with van der Waals surface area (Å²) in [4.78, 5) is 17.2. The van der Waals surface area contributed by atoms with Gasteiger partial charge in [0.15, 0.2) is 5.16 Å². The van der Waals surface area contributed by atoms with Gasteiger partial charge in [-0.15, -0.1) is 0 Å². The zero-order chi connectivity index (χ0) is 15.5. The van der Waals surface area contributed by atoms with Gasteiger partial charge in [0.1, 0.15) is 0 Å². The Hall–Kier alpha value is -1.59. The lowest BCUT2D eigenvalue weighted by Crippen LogP contribution is -2.22. The second-order valence-corrected chi connectivity index (χ2v) is 6.74. The molecule has 0 amide bonds. The molecule has 0 aliphatic rings. The van der Waals surface area contributed by atoms with E-state index in [1.807, 2.05) is 43.3 Å². The van der Waals surface area contributed by atoms with Crippen LogP contribution >= 0.6 is 27.7 Å². The van der Waals surface area contributed by atoms with Crippen LogP contribution < -0.4 is 5.56 Å². The van der Waals surface area contributed by atoms with Crippen LogP contribution in [0.25, 0.3) is 10.9 Å². The predicted octanol–water partition coefficient (Wildman–Crippen LogP) is 4.47. The van der Waals surface area contributed by atoms with Gasteiger partial charge < -0.3 is 0 Å². The maximum atomic E-state index is 12.5. The molecule has 0 spiro atoms. The van der Waals surface area contributed by atoms with Gasteiger partial charge in [0.2, 0.25) is 0 Å². The highest BCUT2D eigenvalue weighted by Gasteiger charge is 2.10. The molecule has 3 nitrogen and oxygen atoms in total. The van der Waals surface area contributed by atoms with Crippen LogP contribution in [0.2, 0.25) is 0 Å². The summed E-state index contributed by atoms with van der Waals surface area (Å²) in [6.45, 7) is 2.60. The molecule has 0 unspecified atom stereocenters. The molecule has 0 radical (unpaired) electrons. The Kier molecular flexibility index (Phi) is 4.64. The minimum atomic E-state index is 0.0323. The topological polar surface area (TPSA) is 34.9 Å². The van der Waals surface area contributed by atoms with Crippen LogP contribution in [-0.4, -0.2) is 9.55 Å². The third-order valence-electron chi connectivity index (χ3n) is 3.40. The van der Waals surface area contributed by atoms with E-state index in [1.54, 1.807) is 16.3 Å². The van der Waals surface area contributed by atoms with E-state index < -0.39 is 0 Å². The first-order valence-electron chi connectivity index (χ1n) is 7.06. The molecular weight excluding hydrogens is 360 g/mol. The largest absolute Gasteiger partial charge is 0.287 e. The van der Waals surface area contributed by atoms with Crippen molar-refractivity contribution < 1.29 is 0 Å². The Morgan fingerprint density at radius 3 is 2.77 bits per heavy atom. The number of fused-ring (bicyclic) bond motifs is 1. The lowest BCUT2D eigenvalue weighted by atomic mass is 10.2. The van der Waals surface area contributed by atoms with Gasteiger partial charge in [0, 0.05) is 16.8 Å². The van der Waals surface area contributed by atoms with Crippen molar-refractivity contribution in [1.29, 1.82) is 0 Å². The Morgan fingerprint density at radius 1 is 1.18 bits per heavy atom. The molecule has 0 saturated heterocycles. The maximum Gasteiger partial charge on any atom is 0.262 e. The molecule has 0 bridgehead atoms. The van der Waals surface area contributed by atoms with E-state index in [1.165, 1.54) is 5.56 Å². The number of hydrogen-bond acceptors (Lipinski definition) is 3. The number of aromatic nitrogens is 2. The second-order valence-electron chi connectivity index (χ2n) is 4.88. The van der Waals surface area contributed by atoms with E-state index in [4.69, 9.17) is 0 Å². The Morgan fingerprint density at radius 2 is 2.00 bits per heavy atom. The molecule has 1 heterocycles. The smallest absolute Gasteiger partial charge is 0.262 e. The van der Waals surface area contributed by atoms with E-state index in [-0.39, 0.29) is 5.56 Å². The summed E-state index contributed by atoms with van der Waals surface area (Å²) >= 11 is 5.07. The third kappa shape index (κ3) is 3.10. The minimum absolute atomic E-state index is 0.0323. The molecule has 0 saturated carbocycles. The van der Waals surface area contributed by atoms with Crippen LogP contribution in [0.15, 0.2) is 63.0 Å². The van der Waals surface area contributed by atoms with Crippen molar-refractivity contribution in [2.45, 2.75) is 24.4 Å². The summed E-state index contributed by atoms with van der Waals surface area (Å²) < 4.78 is 2.80. The lowest BCUT2D eigenvalue weighted by molar-refractivity contribution is 0.634. The Bertz CT molecular complexity index is 876. The van der Waals surface area contributed by atoms with Crippen molar-refractivity contribution in [3.8, 4) is 0 Å². The van der Waals surface area contributed by atoms with Gasteiger partial charge in [-0.25, -0.2) is 4.98 Å². The summed E-state index contributed by atoms with van der Waals surface area (Å²) in [5.74, 6) is 0.782. The van der Waals surface area contributed by atoms with Gasteiger partial charge in [0.05, 0.1) is 10.9 Å². The van der Waals surface area contributed by atoms with Gasteiger partial charge in [0.25, 0.3) is 5.56 Å². The average molecular weight is 375 g/mol. The number of thioether (sulfide) groups is 1. The van der Waals surface area contributed by atoms with Crippen molar-refractivity contribution in [3.05, 3.63) is 68.9 Å². The van der Waals surface area contributed by atoms with Crippen molar-refractivity contribution in [3.63, 3.8) is 0 Å². The number of para-hydroxylation sites is 1. The first kappa shape index (κ1) is 15.3. The molecule has 0 N–H and O–H groups in total.